The van der Waals surface area contributed by atoms with Gasteiger partial charge in [0.25, 0.3) is 5.91 Å². The molecule has 0 atom stereocenters. The minimum absolute atomic E-state index is 0.0990. The highest BCUT2D eigenvalue weighted by atomic mass is 16.1. The molecule has 1 aliphatic rings. The van der Waals surface area contributed by atoms with Crippen molar-refractivity contribution in [3.05, 3.63) is 35.9 Å². The SMILES string of the molecule is O=C(NC1=NCCNC1)c1ccccc1. The number of nitrogens with one attached hydrogen (secondary N) is 2. The van der Waals surface area contributed by atoms with Crippen LogP contribution in [0.1, 0.15) is 10.4 Å². The Morgan fingerprint density at radius 3 is 2.80 bits per heavy atom. The molecular formula is C11H13N3O. The van der Waals surface area contributed by atoms with Crippen molar-refractivity contribution in [2.45, 2.75) is 0 Å². The molecule has 1 aromatic rings. The van der Waals surface area contributed by atoms with Crippen molar-refractivity contribution in [2.24, 2.45) is 4.99 Å². The average Bonchev–Trinajstić information content (AvgIpc) is 2.31. The van der Waals surface area contributed by atoms with Crippen molar-refractivity contribution in [3.63, 3.8) is 0 Å². The van der Waals surface area contributed by atoms with Crippen LogP contribution in [0.5, 0.6) is 0 Å². The summed E-state index contributed by atoms with van der Waals surface area (Å²) in [7, 11) is 0. The smallest absolute Gasteiger partial charge is 0.256 e. The highest BCUT2D eigenvalue weighted by Crippen LogP contribution is 1.97. The van der Waals surface area contributed by atoms with Crippen LogP contribution in [0.2, 0.25) is 0 Å². The lowest BCUT2D eigenvalue weighted by Gasteiger charge is -2.14. The Morgan fingerprint density at radius 2 is 2.13 bits per heavy atom. The van der Waals surface area contributed by atoms with Crippen LogP contribution in [-0.4, -0.2) is 31.4 Å². The van der Waals surface area contributed by atoms with Crippen molar-refractivity contribution < 1.29 is 4.79 Å². The number of hydrogen-bond acceptors (Lipinski definition) is 3. The van der Waals surface area contributed by atoms with Crippen LogP contribution in [-0.2, 0) is 0 Å². The molecule has 0 saturated carbocycles. The van der Waals surface area contributed by atoms with E-state index < -0.39 is 0 Å². The first-order valence-corrected chi connectivity index (χ1v) is 4.97. The maximum absolute atomic E-state index is 11.7. The molecule has 0 bridgehead atoms. The van der Waals surface area contributed by atoms with E-state index in [2.05, 4.69) is 15.6 Å². The van der Waals surface area contributed by atoms with Crippen LogP contribution in [0, 0.1) is 0 Å². The van der Waals surface area contributed by atoms with Gasteiger partial charge >= 0.3 is 0 Å². The molecule has 0 unspecified atom stereocenters. The Balaban J connectivity index is 2.01. The van der Waals surface area contributed by atoms with Crippen LogP contribution in [0.4, 0.5) is 0 Å². The number of carbonyl (C=O) groups is 1. The molecule has 0 radical (unpaired) electrons. The van der Waals surface area contributed by atoms with E-state index >= 15 is 0 Å². The topological polar surface area (TPSA) is 53.5 Å². The maximum atomic E-state index is 11.7. The molecule has 0 saturated heterocycles. The first-order valence-electron chi connectivity index (χ1n) is 4.97. The predicted octanol–water partition coefficient (Wildman–Crippen LogP) is 0.418. The summed E-state index contributed by atoms with van der Waals surface area (Å²) in [5.41, 5.74) is 0.658. The molecule has 1 aromatic carbocycles. The van der Waals surface area contributed by atoms with E-state index in [0.29, 0.717) is 12.1 Å². The molecule has 4 nitrogen and oxygen atoms in total. The van der Waals surface area contributed by atoms with Gasteiger partial charge in [-0.2, -0.15) is 0 Å². The standard InChI is InChI=1S/C11H13N3O/c15-11(9-4-2-1-3-5-9)14-10-8-12-6-7-13-10/h1-5,12H,6-8H2,(H,13,14,15). The van der Waals surface area contributed by atoms with Gasteiger partial charge < -0.3 is 10.6 Å². The summed E-state index contributed by atoms with van der Waals surface area (Å²) in [6, 6.07) is 9.14. The van der Waals surface area contributed by atoms with E-state index in [1.165, 1.54) is 0 Å². The molecule has 1 aliphatic heterocycles. The molecule has 0 aliphatic carbocycles. The van der Waals surface area contributed by atoms with E-state index in [-0.39, 0.29) is 5.91 Å². The molecule has 4 heteroatoms. The maximum Gasteiger partial charge on any atom is 0.256 e. The lowest BCUT2D eigenvalue weighted by Crippen LogP contribution is -2.42. The third-order valence-electron chi connectivity index (χ3n) is 2.18. The molecule has 78 valence electrons. The first-order chi connectivity index (χ1) is 7.36. The normalized spacial score (nSPS) is 15.6. The second-order valence-corrected chi connectivity index (χ2v) is 3.33. The molecule has 15 heavy (non-hydrogen) atoms. The fraction of sp³-hybridized carbons (Fsp3) is 0.273. The van der Waals surface area contributed by atoms with Crippen molar-refractivity contribution in [3.8, 4) is 0 Å². The Labute approximate surface area is 88.4 Å². The zero-order chi connectivity index (χ0) is 10.5. The zero-order valence-electron chi connectivity index (χ0n) is 8.36. The van der Waals surface area contributed by atoms with Gasteiger partial charge in [0.2, 0.25) is 0 Å². The van der Waals surface area contributed by atoms with Crippen molar-refractivity contribution in [1.82, 2.24) is 10.6 Å². The molecular weight excluding hydrogens is 190 g/mol. The van der Waals surface area contributed by atoms with E-state index in [1.807, 2.05) is 18.2 Å². The second-order valence-electron chi connectivity index (χ2n) is 3.33. The fourth-order valence-electron chi connectivity index (χ4n) is 1.41. The first kappa shape index (κ1) is 9.86. The Morgan fingerprint density at radius 1 is 1.33 bits per heavy atom. The van der Waals surface area contributed by atoms with Gasteiger partial charge in [0.05, 0.1) is 13.1 Å². The number of amidine groups is 1. The highest BCUT2D eigenvalue weighted by molar-refractivity contribution is 6.07. The van der Waals surface area contributed by atoms with Crippen LogP contribution in [0.15, 0.2) is 35.3 Å². The quantitative estimate of drug-likeness (QED) is 0.695. The van der Waals surface area contributed by atoms with Gasteiger partial charge in [-0.25, -0.2) is 0 Å². The van der Waals surface area contributed by atoms with Crippen LogP contribution < -0.4 is 10.6 Å². The summed E-state index contributed by atoms with van der Waals surface area (Å²) in [6.07, 6.45) is 0. The lowest BCUT2D eigenvalue weighted by atomic mass is 10.2. The molecule has 1 heterocycles. The number of aliphatic imine (C=N–C) groups is 1. The minimum atomic E-state index is -0.0990. The largest absolute Gasteiger partial charge is 0.309 e. The number of nitrogens with zero attached hydrogens (tertiary/aromatic N) is 1. The minimum Gasteiger partial charge on any atom is -0.309 e. The Hall–Kier alpha value is -1.68. The second kappa shape index (κ2) is 4.70. The van der Waals surface area contributed by atoms with Crippen LogP contribution in [0.3, 0.4) is 0 Å². The van der Waals surface area contributed by atoms with E-state index in [1.54, 1.807) is 12.1 Å². The highest BCUT2D eigenvalue weighted by Gasteiger charge is 2.09. The number of rotatable bonds is 1. The fourth-order valence-corrected chi connectivity index (χ4v) is 1.41. The molecule has 2 N–H and O–H groups in total. The number of hydrogen-bond donors (Lipinski definition) is 2. The third-order valence-corrected chi connectivity index (χ3v) is 2.18. The average molecular weight is 203 g/mol. The third kappa shape index (κ3) is 2.63. The van der Waals surface area contributed by atoms with Gasteiger partial charge in [-0.15, -0.1) is 0 Å². The van der Waals surface area contributed by atoms with E-state index in [4.69, 9.17) is 0 Å². The summed E-state index contributed by atoms with van der Waals surface area (Å²) in [6.45, 7) is 2.24. The van der Waals surface area contributed by atoms with Gasteiger partial charge in [0.1, 0.15) is 5.84 Å². The van der Waals surface area contributed by atoms with Gasteiger partial charge in [-0.05, 0) is 12.1 Å². The van der Waals surface area contributed by atoms with Gasteiger partial charge in [0.15, 0.2) is 0 Å². The molecule has 2 rings (SSSR count). The van der Waals surface area contributed by atoms with E-state index in [0.717, 1.165) is 18.9 Å². The molecule has 1 amide bonds. The van der Waals surface area contributed by atoms with E-state index in [9.17, 15) is 4.79 Å². The summed E-state index contributed by atoms with van der Waals surface area (Å²) in [5.74, 6) is 0.619. The van der Waals surface area contributed by atoms with Gasteiger partial charge in [-0.1, -0.05) is 18.2 Å². The predicted molar refractivity (Wildman–Crippen MR) is 59.1 cm³/mol. The van der Waals surface area contributed by atoms with Crippen molar-refractivity contribution in [1.29, 1.82) is 0 Å². The Bertz CT molecular complexity index is 373. The molecule has 0 fully saturated rings. The van der Waals surface area contributed by atoms with Gasteiger partial charge in [-0.3, -0.25) is 9.79 Å². The number of amides is 1. The molecule has 0 spiro atoms. The summed E-state index contributed by atoms with van der Waals surface area (Å²) >= 11 is 0. The number of carbonyl (C=O) groups excluding carboxylic acids is 1. The van der Waals surface area contributed by atoms with Crippen LogP contribution >= 0.6 is 0 Å². The monoisotopic (exact) mass is 203 g/mol. The van der Waals surface area contributed by atoms with Crippen molar-refractivity contribution in [2.75, 3.05) is 19.6 Å². The van der Waals surface area contributed by atoms with Crippen molar-refractivity contribution >= 4 is 11.7 Å². The van der Waals surface area contributed by atoms with Crippen LogP contribution in [0.25, 0.3) is 0 Å². The summed E-state index contributed by atoms with van der Waals surface area (Å²) in [4.78, 5) is 15.9. The van der Waals surface area contributed by atoms with Gasteiger partial charge in [0, 0.05) is 12.1 Å². The summed E-state index contributed by atoms with van der Waals surface area (Å²) < 4.78 is 0. The Kier molecular flexibility index (Phi) is 3.09. The number of benzene rings is 1. The zero-order valence-corrected chi connectivity index (χ0v) is 8.36. The lowest BCUT2D eigenvalue weighted by molar-refractivity contribution is 0.0976. The summed E-state index contributed by atoms with van der Waals surface area (Å²) in [5, 5.41) is 5.93. The molecule has 0 aromatic heterocycles.